The molecule has 0 unspecified atom stereocenters. The van der Waals surface area contributed by atoms with Crippen molar-refractivity contribution >= 4 is 26.5 Å². The van der Waals surface area contributed by atoms with Gasteiger partial charge in [0.25, 0.3) is 10.0 Å². The molecule has 2 rings (SSSR count). The molecule has 0 aliphatic carbocycles. The number of sulfonamides is 1. The van der Waals surface area contributed by atoms with E-state index in [0.717, 1.165) is 4.88 Å². The number of aliphatic hydroxyl groups is 1. The van der Waals surface area contributed by atoms with Gasteiger partial charge in [0.15, 0.2) is 5.13 Å². The molecule has 0 spiro atoms. The zero-order valence-electron chi connectivity index (χ0n) is 11.0. The minimum Gasteiger partial charge on any atom is -0.495 e. The third kappa shape index (κ3) is 3.09. The normalized spacial score (nSPS) is 11.3. The number of anilines is 1. The van der Waals surface area contributed by atoms with Gasteiger partial charge in [-0.1, -0.05) is 6.07 Å². The summed E-state index contributed by atoms with van der Waals surface area (Å²) in [4.78, 5) is 4.84. The molecule has 1 heterocycles. The lowest BCUT2D eigenvalue weighted by Crippen LogP contribution is -2.14. The highest BCUT2D eigenvalue weighted by Crippen LogP contribution is 2.28. The van der Waals surface area contributed by atoms with Crippen molar-refractivity contribution in [1.29, 1.82) is 0 Å². The molecule has 2 N–H and O–H groups in total. The number of methoxy groups -OCH3 is 1. The monoisotopic (exact) mass is 314 g/mol. The maximum absolute atomic E-state index is 12.4. The molecule has 1 aromatic heterocycles. The van der Waals surface area contributed by atoms with E-state index in [1.165, 1.54) is 30.6 Å². The van der Waals surface area contributed by atoms with Crippen molar-refractivity contribution in [3.05, 3.63) is 34.8 Å². The van der Waals surface area contributed by atoms with Crippen LogP contribution in [0.4, 0.5) is 5.13 Å². The fraction of sp³-hybridized carbons (Fsp3) is 0.250. The van der Waals surface area contributed by atoms with Gasteiger partial charge < -0.3 is 9.84 Å². The van der Waals surface area contributed by atoms with Crippen molar-refractivity contribution < 1.29 is 18.3 Å². The Kier molecular flexibility index (Phi) is 4.26. The summed E-state index contributed by atoms with van der Waals surface area (Å²) in [6.45, 7) is 1.59. The summed E-state index contributed by atoms with van der Waals surface area (Å²) in [6, 6.07) is 4.49. The number of nitrogens with one attached hydrogen (secondary N) is 1. The molecule has 0 aliphatic heterocycles. The van der Waals surface area contributed by atoms with Crippen LogP contribution in [0.5, 0.6) is 5.75 Å². The Morgan fingerprint density at radius 2 is 2.20 bits per heavy atom. The zero-order chi connectivity index (χ0) is 14.8. The second kappa shape index (κ2) is 5.78. The minimum atomic E-state index is -3.81. The van der Waals surface area contributed by atoms with Gasteiger partial charge >= 0.3 is 0 Å². The van der Waals surface area contributed by atoms with Crippen LogP contribution in [-0.4, -0.2) is 25.6 Å². The number of thiazole rings is 1. The number of aromatic nitrogens is 1. The van der Waals surface area contributed by atoms with E-state index in [9.17, 15) is 8.42 Å². The van der Waals surface area contributed by atoms with Gasteiger partial charge in [0.1, 0.15) is 10.6 Å². The lowest BCUT2D eigenvalue weighted by molar-refractivity contribution is 0.281. The van der Waals surface area contributed by atoms with Gasteiger partial charge in [-0.25, -0.2) is 13.4 Å². The number of ether oxygens (including phenoxy) is 1. The summed E-state index contributed by atoms with van der Waals surface area (Å²) in [7, 11) is -2.42. The molecule has 0 atom stereocenters. The van der Waals surface area contributed by atoms with Crippen LogP contribution >= 0.6 is 11.3 Å². The van der Waals surface area contributed by atoms with E-state index in [1.807, 2.05) is 6.92 Å². The van der Waals surface area contributed by atoms with Crippen molar-refractivity contribution in [1.82, 2.24) is 4.98 Å². The Balaban J connectivity index is 2.42. The molecular weight excluding hydrogens is 300 g/mol. The molecule has 0 radical (unpaired) electrons. The average molecular weight is 314 g/mol. The fourth-order valence-corrected chi connectivity index (χ4v) is 3.73. The van der Waals surface area contributed by atoms with Crippen LogP contribution in [0.2, 0.25) is 0 Å². The average Bonchev–Trinajstić information content (AvgIpc) is 2.82. The Bertz CT molecular complexity index is 710. The Morgan fingerprint density at radius 1 is 1.45 bits per heavy atom. The molecule has 20 heavy (non-hydrogen) atoms. The van der Waals surface area contributed by atoms with Gasteiger partial charge in [-0.3, -0.25) is 4.72 Å². The highest BCUT2D eigenvalue weighted by atomic mass is 32.2. The lowest BCUT2D eigenvalue weighted by atomic mass is 10.2. The summed E-state index contributed by atoms with van der Waals surface area (Å²) in [5.41, 5.74) is 0.487. The zero-order valence-corrected chi connectivity index (χ0v) is 12.6. The largest absolute Gasteiger partial charge is 0.495 e. The smallest absolute Gasteiger partial charge is 0.267 e. The van der Waals surface area contributed by atoms with Gasteiger partial charge in [0.2, 0.25) is 0 Å². The molecule has 0 bridgehead atoms. The molecule has 1 aromatic carbocycles. The summed E-state index contributed by atoms with van der Waals surface area (Å²) in [5, 5.41) is 9.41. The van der Waals surface area contributed by atoms with Crippen LogP contribution in [-0.2, 0) is 16.6 Å². The molecule has 0 fully saturated rings. The van der Waals surface area contributed by atoms with Crippen LogP contribution in [0.3, 0.4) is 0 Å². The quantitative estimate of drug-likeness (QED) is 0.878. The van der Waals surface area contributed by atoms with Crippen LogP contribution in [0.1, 0.15) is 10.4 Å². The summed E-state index contributed by atoms with van der Waals surface area (Å²) < 4.78 is 32.2. The van der Waals surface area contributed by atoms with Gasteiger partial charge in [0, 0.05) is 11.1 Å². The molecule has 6 nitrogen and oxygen atoms in total. The van der Waals surface area contributed by atoms with E-state index in [4.69, 9.17) is 9.84 Å². The molecule has 8 heteroatoms. The van der Waals surface area contributed by atoms with Crippen LogP contribution in [0.15, 0.2) is 29.3 Å². The number of aryl methyl sites for hydroxylation is 1. The number of nitrogens with zero attached hydrogens (tertiary/aromatic N) is 1. The fourth-order valence-electron chi connectivity index (χ4n) is 1.60. The molecule has 2 aromatic rings. The van der Waals surface area contributed by atoms with Crippen LogP contribution in [0, 0.1) is 6.92 Å². The van der Waals surface area contributed by atoms with Crippen molar-refractivity contribution in [2.45, 2.75) is 18.4 Å². The first kappa shape index (κ1) is 14.8. The summed E-state index contributed by atoms with van der Waals surface area (Å²) in [6.07, 6.45) is 1.59. The van der Waals surface area contributed by atoms with E-state index in [-0.39, 0.29) is 17.3 Å². The first-order chi connectivity index (χ1) is 9.46. The highest BCUT2D eigenvalue weighted by Gasteiger charge is 2.21. The third-order valence-electron chi connectivity index (χ3n) is 2.54. The topological polar surface area (TPSA) is 88.5 Å². The van der Waals surface area contributed by atoms with Gasteiger partial charge in [-0.05, 0) is 24.6 Å². The second-order valence-corrected chi connectivity index (χ2v) is 6.91. The number of hydrogen-bond acceptors (Lipinski definition) is 6. The molecular formula is C12H14N2O4S2. The standard InChI is InChI=1S/C12H14N2O4S2/c1-8-6-13-12(19-8)14-20(16,17)11-5-9(7-15)3-4-10(11)18-2/h3-6,15H,7H2,1-2H3,(H,13,14). The van der Waals surface area contributed by atoms with Crippen molar-refractivity contribution in [3.8, 4) is 5.75 Å². The number of hydrogen-bond donors (Lipinski definition) is 2. The Morgan fingerprint density at radius 3 is 2.75 bits per heavy atom. The maximum Gasteiger partial charge on any atom is 0.267 e. The highest BCUT2D eigenvalue weighted by molar-refractivity contribution is 7.93. The SMILES string of the molecule is COc1ccc(CO)cc1S(=O)(=O)Nc1ncc(C)s1. The first-order valence-electron chi connectivity index (χ1n) is 5.69. The lowest BCUT2D eigenvalue weighted by Gasteiger charge is -2.11. The Labute approximate surface area is 121 Å². The Hall–Kier alpha value is -1.64. The van der Waals surface area contributed by atoms with E-state index >= 15 is 0 Å². The molecule has 108 valence electrons. The number of benzene rings is 1. The second-order valence-electron chi connectivity index (χ2n) is 4.02. The predicted octanol–water partition coefficient (Wildman–Crippen LogP) is 1.75. The third-order valence-corrected chi connectivity index (χ3v) is 4.86. The van der Waals surface area contributed by atoms with Gasteiger partial charge in [0.05, 0.1) is 13.7 Å². The number of aliphatic hydroxyl groups excluding tert-OH is 1. The molecule has 0 saturated carbocycles. The van der Waals surface area contributed by atoms with Crippen LogP contribution in [0.25, 0.3) is 0 Å². The van der Waals surface area contributed by atoms with Crippen molar-refractivity contribution in [3.63, 3.8) is 0 Å². The predicted molar refractivity (Wildman–Crippen MR) is 76.6 cm³/mol. The van der Waals surface area contributed by atoms with Gasteiger partial charge in [-0.2, -0.15) is 0 Å². The van der Waals surface area contributed by atoms with E-state index in [2.05, 4.69) is 9.71 Å². The molecule has 0 amide bonds. The molecule has 0 saturated heterocycles. The summed E-state index contributed by atoms with van der Waals surface area (Å²) >= 11 is 1.24. The first-order valence-corrected chi connectivity index (χ1v) is 7.99. The number of rotatable bonds is 5. The van der Waals surface area contributed by atoms with E-state index < -0.39 is 10.0 Å². The van der Waals surface area contributed by atoms with Crippen molar-refractivity contribution in [2.75, 3.05) is 11.8 Å². The maximum atomic E-state index is 12.4. The minimum absolute atomic E-state index is 0.0283. The van der Waals surface area contributed by atoms with E-state index in [1.54, 1.807) is 12.3 Å². The summed E-state index contributed by atoms with van der Waals surface area (Å²) in [5.74, 6) is 0.211. The van der Waals surface area contributed by atoms with Crippen molar-refractivity contribution in [2.24, 2.45) is 0 Å². The molecule has 0 aliphatic rings. The van der Waals surface area contributed by atoms with Gasteiger partial charge in [-0.15, -0.1) is 11.3 Å². The van der Waals surface area contributed by atoms with E-state index in [0.29, 0.717) is 10.7 Å². The van der Waals surface area contributed by atoms with Crippen LogP contribution < -0.4 is 9.46 Å².